The van der Waals surface area contributed by atoms with E-state index in [4.69, 9.17) is 11.6 Å². The van der Waals surface area contributed by atoms with Crippen LogP contribution < -0.4 is 5.32 Å². The van der Waals surface area contributed by atoms with Crippen molar-refractivity contribution < 1.29 is 9.50 Å². The number of rotatable bonds is 4. The van der Waals surface area contributed by atoms with Gasteiger partial charge in [-0.05, 0) is 24.6 Å². The molecule has 1 aromatic carbocycles. The van der Waals surface area contributed by atoms with E-state index in [1.165, 1.54) is 6.07 Å². The van der Waals surface area contributed by atoms with Gasteiger partial charge in [0.2, 0.25) is 0 Å². The largest absolute Gasteiger partial charge is 0.390 e. The summed E-state index contributed by atoms with van der Waals surface area (Å²) < 4.78 is 13.2. The average molecular weight is 250 g/mol. The van der Waals surface area contributed by atoms with Crippen molar-refractivity contribution in [1.29, 1.82) is 0 Å². The predicted molar refractivity (Wildman–Crippen MR) is 63.6 cm³/mol. The molecule has 0 saturated heterocycles. The van der Waals surface area contributed by atoms with Gasteiger partial charge in [-0.3, -0.25) is 0 Å². The van der Waals surface area contributed by atoms with Crippen molar-refractivity contribution in [2.45, 2.75) is 17.9 Å². The molecule has 2 N–H and O–H groups in total. The summed E-state index contributed by atoms with van der Waals surface area (Å²) in [6, 6.07) is 2.99. The molecule has 1 rings (SSSR count). The van der Waals surface area contributed by atoms with Crippen LogP contribution in [0.5, 0.6) is 0 Å². The molecule has 0 aliphatic carbocycles. The Morgan fingerprint density at radius 2 is 2.27 bits per heavy atom. The van der Waals surface area contributed by atoms with Crippen LogP contribution in [-0.4, -0.2) is 23.6 Å². The number of benzene rings is 1. The van der Waals surface area contributed by atoms with Crippen LogP contribution in [0.4, 0.5) is 10.1 Å². The van der Waals surface area contributed by atoms with Crippen LogP contribution in [0.3, 0.4) is 0 Å². The lowest BCUT2D eigenvalue weighted by molar-refractivity contribution is 0.211. The third kappa shape index (κ3) is 3.55. The van der Waals surface area contributed by atoms with Crippen molar-refractivity contribution in [3.8, 4) is 0 Å². The molecule has 0 saturated carbocycles. The number of nitrogens with one attached hydrogen (secondary N) is 1. The molecule has 1 unspecified atom stereocenters. The first-order valence-corrected chi connectivity index (χ1v) is 5.49. The lowest BCUT2D eigenvalue weighted by atomic mass is 10.2. The van der Waals surface area contributed by atoms with Gasteiger partial charge in [-0.2, -0.15) is 0 Å². The molecule has 2 nitrogen and oxygen atoms in total. The molecule has 0 aliphatic rings. The van der Waals surface area contributed by atoms with E-state index in [0.29, 0.717) is 16.1 Å². The maximum Gasteiger partial charge on any atom is 0.128 e. The molecule has 0 fully saturated rings. The third-order valence-corrected chi connectivity index (χ3v) is 2.71. The van der Waals surface area contributed by atoms with Crippen LogP contribution in [0, 0.1) is 12.7 Å². The number of aliphatic hydroxyl groups excluding tert-OH is 1. The van der Waals surface area contributed by atoms with E-state index in [1.54, 1.807) is 13.0 Å². The number of hydrogen-bond acceptors (Lipinski definition) is 3. The van der Waals surface area contributed by atoms with Crippen molar-refractivity contribution in [1.82, 2.24) is 0 Å². The molecule has 0 radical (unpaired) electrons. The summed E-state index contributed by atoms with van der Waals surface area (Å²) in [5.74, 6) is -0.154. The maximum absolute atomic E-state index is 13.2. The van der Waals surface area contributed by atoms with Crippen LogP contribution in [0.15, 0.2) is 17.0 Å². The zero-order valence-corrected chi connectivity index (χ0v) is 9.95. The van der Waals surface area contributed by atoms with E-state index in [0.717, 1.165) is 0 Å². The van der Waals surface area contributed by atoms with Gasteiger partial charge in [0.15, 0.2) is 0 Å². The standard InChI is InChI=1S/C10H13ClFNOS/c1-6-2-10(15)9(3-8(6)12)13-5-7(14)4-11/h2-3,7,13-15H,4-5H2,1H3. The molecule has 0 amide bonds. The van der Waals surface area contributed by atoms with E-state index in [1.807, 2.05) is 0 Å². The highest BCUT2D eigenvalue weighted by Crippen LogP contribution is 2.23. The molecule has 0 spiro atoms. The van der Waals surface area contributed by atoms with Crippen molar-refractivity contribution in [2.24, 2.45) is 0 Å². The molecule has 1 aromatic rings. The molecule has 5 heteroatoms. The Bertz CT molecular complexity index is 348. The Morgan fingerprint density at radius 1 is 1.60 bits per heavy atom. The third-order valence-electron chi connectivity index (χ3n) is 1.98. The lowest BCUT2D eigenvalue weighted by Crippen LogP contribution is -2.21. The van der Waals surface area contributed by atoms with Gasteiger partial charge in [-0.25, -0.2) is 4.39 Å². The van der Waals surface area contributed by atoms with E-state index >= 15 is 0 Å². The lowest BCUT2D eigenvalue weighted by Gasteiger charge is -2.12. The zero-order chi connectivity index (χ0) is 11.4. The SMILES string of the molecule is Cc1cc(S)c(NCC(O)CCl)cc1F. The number of alkyl halides is 1. The van der Waals surface area contributed by atoms with Gasteiger partial charge >= 0.3 is 0 Å². The van der Waals surface area contributed by atoms with E-state index in [2.05, 4.69) is 17.9 Å². The highest BCUT2D eigenvalue weighted by molar-refractivity contribution is 7.80. The number of aryl methyl sites for hydroxylation is 1. The Morgan fingerprint density at radius 3 is 2.87 bits per heavy atom. The summed E-state index contributed by atoms with van der Waals surface area (Å²) in [7, 11) is 0. The van der Waals surface area contributed by atoms with Gasteiger partial charge in [0.1, 0.15) is 5.82 Å². The Balaban J connectivity index is 2.73. The smallest absolute Gasteiger partial charge is 0.128 e. The topological polar surface area (TPSA) is 32.3 Å². The number of anilines is 1. The van der Waals surface area contributed by atoms with Crippen molar-refractivity contribution in [3.05, 3.63) is 23.5 Å². The summed E-state index contributed by atoms with van der Waals surface area (Å²) in [6.45, 7) is 1.95. The minimum Gasteiger partial charge on any atom is -0.390 e. The average Bonchev–Trinajstić information content (AvgIpc) is 2.21. The number of halogens is 2. The van der Waals surface area contributed by atoms with Gasteiger partial charge in [0.25, 0.3) is 0 Å². The van der Waals surface area contributed by atoms with Crippen LogP contribution in [0.25, 0.3) is 0 Å². The molecule has 84 valence electrons. The monoisotopic (exact) mass is 249 g/mol. The fourth-order valence-corrected chi connectivity index (χ4v) is 1.54. The number of hydrogen-bond donors (Lipinski definition) is 3. The van der Waals surface area contributed by atoms with Gasteiger partial charge < -0.3 is 10.4 Å². The molecular weight excluding hydrogens is 237 g/mol. The highest BCUT2D eigenvalue weighted by atomic mass is 35.5. The van der Waals surface area contributed by atoms with E-state index in [9.17, 15) is 9.50 Å². The summed E-state index contributed by atoms with van der Waals surface area (Å²) in [4.78, 5) is 0.649. The first-order valence-electron chi connectivity index (χ1n) is 4.51. The zero-order valence-electron chi connectivity index (χ0n) is 8.30. The Hall–Kier alpha value is -0.450. The normalized spacial score (nSPS) is 12.6. The Labute approximate surface area is 98.9 Å². The second-order valence-corrected chi connectivity index (χ2v) is 4.10. The highest BCUT2D eigenvalue weighted by Gasteiger charge is 2.06. The van der Waals surface area contributed by atoms with Gasteiger partial charge in [-0.15, -0.1) is 24.2 Å². The molecule has 0 bridgehead atoms. The van der Waals surface area contributed by atoms with E-state index < -0.39 is 6.10 Å². The minimum atomic E-state index is -0.649. The molecular formula is C10H13ClFNOS. The molecule has 0 aliphatic heterocycles. The summed E-state index contributed by atoms with van der Waals surface area (Å²) in [6.07, 6.45) is -0.649. The summed E-state index contributed by atoms with van der Waals surface area (Å²) in [5.41, 5.74) is 1.11. The van der Waals surface area contributed by atoms with Crippen LogP contribution >= 0.6 is 24.2 Å². The van der Waals surface area contributed by atoms with Gasteiger partial charge in [0, 0.05) is 11.4 Å². The van der Waals surface area contributed by atoms with Gasteiger partial charge in [0.05, 0.1) is 17.7 Å². The summed E-state index contributed by atoms with van der Waals surface area (Å²) in [5, 5.41) is 12.1. The van der Waals surface area contributed by atoms with Crippen molar-refractivity contribution in [3.63, 3.8) is 0 Å². The maximum atomic E-state index is 13.2. The fraction of sp³-hybridized carbons (Fsp3) is 0.400. The van der Waals surface area contributed by atoms with Crippen LogP contribution in [-0.2, 0) is 0 Å². The molecule has 15 heavy (non-hydrogen) atoms. The Kier molecular flexibility index (Phi) is 4.70. The molecule has 0 aromatic heterocycles. The number of thiol groups is 1. The first kappa shape index (κ1) is 12.6. The van der Waals surface area contributed by atoms with Crippen molar-refractivity contribution in [2.75, 3.05) is 17.7 Å². The van der Waals surface area contributed by atoms with Gasteiger partial charge in [-0.1, -0.05) is 0 Å². The quantitative estimate of drug-likeness (QED) is 0.566. The van der Waals surface area contributed by atoms with Crippen LogP contribution in [0.1, 0.15) is 5.56 Å². The predicted octanol–water partition coefficient (Wildman–Crippen LogP) is 2.43. The minimum absolute atomic E-state index is 0.142. The van der Waals surface area contributed by atoms with Crippen molar-refractivity contribution >= 4 is 29.9 Å². The fourth-order valence-electron chi connectivity index (χ4n) is 1.09. The van der Waals surface area contributed by atoms with Crippen LogP contribution in [0.2, 0.25) is 0 Å². The summed E-state index contributed by atoms with van der Waals surface area (Å²) >= 11 is 9.63. The second-order valence-electron chi connectivity index (χ2n) is 3.31. The van der Waals surface area contributed by atoms with E-state index in [-0.39, 0.29) is 18.2 Å². The number of aliphatic hydroxyl groups is 1. The first-order chi connectivity index (χ1) is 7.04. The molecule has 1 atom stereocenters. The second kappa shape index (κ2) is 5.58. The molecule has 0 heterocycles.